The van der Waals surface area contributed by atoms with Crippen molar-refractivity contribution in [2.45, 2.75) is 110 Å². The van der Waals surface area contributed by atoms with Crippen molar-refractivity contribution in [1.29, 1.82) is 0 Å². The molecule has 0 aromatic rings. The van der Waals surface area contributed by atoms with E-state index in [1.54, 1.807) is 0 Å². The van der Waals surface area contributed by atoms with E-state index in [0.29, 0.717) is 0 Å². The van der Waals surface area contributed by atoms with Crippen molar-refractivity contribution >= 4 is 23.2 Å². The van der Waals surface area contributed by atoms with Crippen LogP contribution < -0.4 is 0 Å². The highest BCUT2D eigenvalue weighted by Gasteiger charge is 2.24. The minimum atomic E-state index is 0.163. The number of unbranched alkanes of at least 4 members (excludes halogenated alkanes) is 4. The van der Waals surface area contributed by atoms with Crippen LogP contribution in [0.25, 0.3) is 0 Å². The maximum Gasteiger partial charge on any atom is 0.0786 e. The Balaban J connectivity index is 0.000000577. The first kappa shape index (κ1) is 26.3. The Morgan fingerprint density at radius 1 is 0.808 bits per heavy atom. The van der Waals surface area contributed by atoms with Crippen LogP contribution in [-0.4, -0.2) is 36.0 Å². The van der Waals surface area contributed by atoms with Gasteiger partial charge in [-0.25, -0.2) is 5.57 Å². The van der Waals surface area contributed by atoms with Crippen LogP contribution >= 0.6 is 23.2 Å². The highest BCUT2D eigenvalue weighted by Crippen LogP contribution is 2.27. The summed E-state index contributed by atoms with van der Waals surface area (Å²) in [5.74, 6) is 0. The van der Waals surface area contributed by atoms with Gasteiger partial charge in [0.2, 0.25) is 0 Å². The molecule has 0 heterocycles. The van der Waals surface area contributed by atoms with Crippen LogP contribution in [0.3, 0.4) is 0 Å². The van der Waals surface area contributed by atoms with Gasteiger partial charge in [-0.2, -0.15) is 0 Å². The minimum absolute atomic E-state index is 0.163. The van der Waals surface area contributed by atoms with Crippen LogP contribution in [-0.2, 0) is 0 Å². The van der Waals surface area contributed by atoms with Crippen molar-refractivity contribution in [2.24, 2.45) is 0 Å². The van der Waals surface area contributed by atoms with E-state index in [4.69, 9.17) is 23.2 Å². The van der Waals surface area contributed by atoms with E-state index in [-0.39, 0.29) is 5.38 Å². The van der Waals surface area contributed by atoms with Gasteiger partial charge < -0.3 is 21.6 Å². The summed E-state index contributed by atoms with van der Waals surface area (Å²) in [7, 11) is 0. The Morgan fingerprint density at radius 2 is 1.23 bits per heavy atom. The Hall–Kier alpha value is 0.280. The van der Waals surface area contributed by atoms with Crippen molar-refractivity contribution in [3.63, 3.8) is 0 Å². The second-order valence-corrected chi connectivity index (χ2v) is 8.70. The van der Waals surface area contributed by atoms with Gasteiger partial charge in [0, 0.05) is 5.38 Å². The fourth-order valence-electron chi connectivity index (χ4n) is 3.72. The molecule has 0 aliphatic heterocycles. The lowest BCUT2D eigenvalue weighted by atomic mass is 9.96. The molecule has 1 nitrogen and oxygen atoms in total. The molecule has 1 unspecified atom stereocenters. The Morgan fingerprint density at radius 3 is 1.50 bits per heavy atom. The smallest absolute Gasteiger partial charge is 0.0786 e. The van der Waals surface area contributed by atoms with Crippen LogP contribution in [0.4, 0.5) is 0 Å². The van der Waals surface area contributed by atoms with Gasteiger partial charge in [0.05, 0.1) is 26.2 Å². The van der Waals surface area contributed by atoms with Crippen LogP contribution in [0, 0.1) is 5.54 Å². The van der Waals surface area contributed by atoms with Crippen LogP contribution in [0.2, 0.25) is 0 Å². The molecule has 0 saturated heterocycles. The molecule has 26 heavy (non-hydrogen) atoms. The molecule has 156 valence electrons. The standard InChI is InChI=1S/C16H36N.C7H9Cl2/c1-5-9-13-17(14-10-6-2,15-11-7-3)16-12-8-4;8-5-6-3-1-2-4-7(6)9/h5-16H2,1-4H3;7H,1-4H2/q+1;-1. The first-order valence-corrected chi connectivity index (χ1v) is 12.1. The summed E-state index contributed by atoms with van der Waals surface area (Å²) >= 11 is 11.3. The van der Waals surface area contributed by atoms with E-state index in [1.807, 2.05) is 0 Å². The third-order valence-corrected chi connectivity index (χ3v) is 6.32. The predicted molar refractivity (Wildman–Crippen MR) is 120 cm³/mol. The summed E-state index contributed by atoms with van der Waals surface area (Å²) in [6, 6.07) is 0. The van der Waals surface area contributed by atoms with Gasteiger partial charge in [0.1, 0.15) is 0 Å². The van der Waals surface area contributed by atoms with E-state index >= 15 is 0 Å². The van der Waals surface area contributed by atoms with E-state index in [1.165, 1.54) is 94.9 Å². The zero-order valence-corrected chi connectivity index (χ0v) is 19.6. The second-order valence-electron chi connectivity index (χ2n) is 7.98. The van der Waals surface area contributed by atoms with Gasteiger partial charge in [0.25, 0.3) is 0 Å². The van der Waals surface area contributed by atoms with Gasteiger partial charge in [-0.1, -0.05) is 72.6 Å². The van der Waals surface area contributed by atoms with Crippen molar-refractivity contribution in [3.05, 3.63) is 11.1 Å². The Labute approximate surface area is 175 Å². The number of nitrogens with zero attached hydrogens (tertiary/aromatic N) is 1. The minimum Gasteiger partial charge on any atom is -0.397 e. The lowest BCUT2D eigenvalue weighted by Crippen LogP contribution is -2.50. The Bertz CT molecular complexity index is 304. The molecule has 0 aromatic heterocycles. The summed E-state index contributed by atoms with van der Waals surface area (Å²) in [6.07, 6.45) is 15.6. The Kier molecular flexibility index (Phi) is 17.6. The monoisotopic (exact) mass is 405 g/mol. The van der Waals surface area contributed by atoms with Gasteiger partial charge in [-0.05, 0) is 32.1 Å². The molecule has 0 aromatic carbocycles. The SMILES string of the molecule is CCCC[N+](CCCC)(CCCC)CCCC.Cl[C-]=C1CCCCC1Cl. The molecular formula is C23H45Cl2N. The highest BCUT2D eigenvalue weighted by atomic mass is 35.5. The van der Waals surface area contributed by atoms with Gasteiger partial charge in [-0.15, -0.1) is 11.6 Å². The van der Waals surface area contributed by atoms with Crippen LogP contribution in [0.15, 0.2) is 5.57 Å². The number of allylic oxidation sites excluding steroid dienone is 1. The molecular weight excluding hydrogens is 361 g/mol. The quantitative estimate of drug-likeness (QED) is 0.174. The molecule has 1 fully saturated rings. The summed E-state index contributed by atoms with van der Waals surface area (Å²) in [5, 5.41) is 0.163. The van der Waals surface area contributed by atoms with Crippen molar-refractivity contribution < 1.29 is 4.48 Å². The zero-order valence-electron chi connectivity index (χ0n) is 18.1. The van der Waals surface area contributed by atoms with E-state index < -0.39 is 0 Å². The van der Waals surface area contributed by atoms with Gasteiger partial charge in [0.15, 0.2) is 0 Å². The van der Waals surface area contributed by atoms with E-state index in [2.05, 4.69) is 33.2 Å². The largest absolute Gasteiger partial charge is 0.397 e. The maximum absolute atomic E-state index is 5.90. The average Bonchev–Trinajstić information content (AvgIpc) is 2.68. The summed E-state index contributed by atoms with van der Waals surface area (Å²) in [5.41, 5.74) is 3.70. The molecule has 0 spiro atoms. The zero-order chi connectivity index (χ0) is 19.7. The highest BCUT2D eigenvalue weighted by molar-refractivity contribution is 6.25. The summed E-state index contributed by atoms with van der Waals surface area (Å²) in [4.78, 5) is 0. The first-order chi connectivity index (χ1) is 12.6. The number of hydrogen-bond acceptors (Lipinski definition) is 0. The fourth-order valence-corrected chi connectivity index (χ4v) is 4.32. The summed E-state index contributed by atoms with van der Waals surface area (Å²) in [6.45, 7) is 15.0. The van der Waals surface area contributed by atoms with Crippen molar-refractivity contribution in [2.75, 3.05) is 26.2 Å². The maximum atomic E-state index is 5.90. The van der Waals surface area contributed by atoms with Crippen molar-refractivity contribution in [3.8, 4) is 0 Å². The van der Waals surface area contributed by atoms with E-state index in [0.717, 1.165) is 18.4 Å². The van der Waals surface area contributed by atoms with Crippen LogP contribution in [0.5, 0.6) is 0 Å². The number of hydrogen-bond donors (Lipinski definition) is 0. The van der Waals surface area contributed by atoms with Gasteiger partial charge in [-0.3, -0.25) is 0 Å². The summed E-state index contributed by atoms with van der Waals surface area (Å²) < 4.78 is 1.42. The van der Waals surface area contributed by atoms with Crippen molar-refractivity contribution in [1.82, 2.24) is 0 Å². The fraction of sp³-hybridized carbons (Fsp3) is 0.913. The van der Waals surface area contributed by atoms with E-state index in [9.17, 15) is 0 Å². The lowest BCUT2D eigenvalue weighted by Gasteiger charge is -2.39. The van der Waals surface area contributed by atoms with Crippen LogP contribution in [0.1, 0.15) is 105 Å². The predicted octanol–water partition coefficient (Wildman–Crippen LogP) is 8.10. The molecule has 1 aliphatic rings. The average molecular weight is 407 g/mol. The number of alkyl halides is 1. The topological polar surface area (TPSA) is 0 Å². The van der Waals surface area contributed by atoms with Gasteiger partial charge >= 0.3 is 0 Å². The third-order valence-electron chi connectivity index (χ3n) is 5.60. The second kappa shape index (κ2) is 17.4. The normalized spacial score (nSPS) is 19.3. The molecule has 1 saturated carbocycles. The number of rotatable bonds is 12. The molecule has 0 bridgehead atoms. The first-order valence-electron chi connectivity index (χ1n) is 11.3. The molecule has 0 N–H and O–H groups in total. The lowest BCUT2D eigenvalue weighted by molar-refractivity contribution is -0.929. The molecule has 0 amide bonds. The molecule has 3 heteroatoms. The molecule has 1 rings (SSSR count). The number of quaternary nitrogens is 1. The molecule has 1 aliphatic carbocycles. The number of halogens is 2. The third kappa shape index (κ3) is 11.9. The molecule has 1 atom stereocenters. The molecule has 0 radical (unpaired) electrons.